The van der Waals surface area contributed by atoms with Crippen LogP contribution in [0.2, 0.25) is 0 Å². The molecule has 3 rings (SSSR count). The summed E-state index contributed by atoms with van der Waals surface area (Å²) in [4.78, 5) is 42.8. The van der Waals surface area contributed by atoms with E-state index in [0.29, 0.717) is 6.42 Å². The molecule has 3 unspecified atom stereocenters. The highest BCUT2D eigenvalue weighted by atomic mass is 16.6. The van der Waals surface area contributed by atoms with E-state index >= 15 is 0 Å². The van der Waals surface area contributed by atoms with Gasteiger partial charge in [0.1, 0.15) is 17.7 Å². The van der Waals surface area contributed by atoms with Crippen molar-refractivity contribution in [1.29, 1.82) is 0 Å². The third-order valence-electron chi connectivity index (χ3n) is 7.77. The number of nitrogens with one attached hydrogen (secondary N) is 2. The smallest absolute Gasteiger partial charge is 0.408 e. The number of aryl methyl sites for hydroxylation is 1. The van der Waals surface area contributed by atoms with Crippen LogP contribution in [0.4, 0.5) is 4.79 Å². The molecule has 0 bridgehead atoms. The Bertz CT molecular complexity index is 960. The highest BCUT2D eigenvalue weighted by Crippen LogP contribution is 2.38. The average molecular weight is 514 g/mol. The number of carbonyl (C=O) groups is 3. The Hall–Kier alpha value is -2.57. The Balaban J connectivity index is 1.99. The van der Waals surface area contributed by atoms with Crippen LogP contribution in [0.15, 0.2) is 18.2 Å². The molecule has 0 saturated heterocycles. The molecule has 2 fully saturated rings. The zero-order chi connectivity index (χ0) is 27.3. The van der Waals surface area contributed by atoms with Gasteiger partial charge >= 0.3 is 6.09 Å². The number of amides is 3. The second-order valence-corrected chi connectivity index (χ2v) is 12.0. The summed E-state index contributed by atoms with van der Waals surface area (Å²) in [6, 6.07) is 4.54. The van der Waals surface area contributed by atoms with Crippen molar-refractivity contribution in [3.8, 4) is 0 Å². The molecule has 1 aromatic rings. The lowest BCUT2D eigenvalue weighted by Gasteiger charge is -2.37. The maximum atomic E-state index is 14.3. The first-order chi connectivity index (χ1) is 17.4. The van der Waals surface area contributed by atoms with Gasteiger partial charge in [-0.15, -0.1) is 0 Å². The quantitative estimate of drug-likeness (QED) is 0.442. The molecule has 1 aromatic carbocycles. The Kier molecular flexibility index (Phi) is 9.65. The third-order valence-corrected chi connectivity index (χ3v) is 7.77. The van der Waals surface area contributed by atoms with E-state index in [1.54, 1.807) is 25.7 Å². The van der Waals surface area contributed by atoms with Crippen molar-refractivity contribution in [1.82, 2.24) is 15.5 Å². The molecule has 206 valence electrons. The van der Waals surface area contributed by atoms with Crippen LogP contribution < -0.4 is 10.6 Å². The number of benzene rings is 1. The Morgan fingerprint density at radius 1 is 1.05 bits per heavy atom. The lowest BCUT2D eigenvalue weighted by Crippen LogP contribution is -2.56. The summed E-state index contributed by atoms with van der Waals surface area (Å²) in [6.07, 6.45) is 7.15. The predicted octanol–water partition coefficient (Wildman–Crippen LogP) is 5.72. The molecule has 7 heteroatoms. The Morgan fingerprint density at radius 2 is 1.70 bits per heavy atom. The van der Waals surface area contributed by atoms with Gasteiger partial charge < -0.3 is 20.3 Å². The molecule has 37 heavy (non-hydrogen) atoms. The largest absolute Gasteiger partial charge is 0.444 e. The van der Waals surface area contributed by atoms with Gasteiger partial charge in [-0.3, -0.25) is 9.59 Å². The molecule has 3 atom stereocenters. The van der Waals surface area contributed by atoms with Gasteiger partial charge in [0.2, 0.25) is 11.8 Å². The van der Waals surface area contributed by atoms with Crippen LogP contribution in [-0.4, -0.2) is 46.5 Å². The second kappa shape index (κ2) is 12.3. The van der Waals surface area contributed by atoms with E-state index in [9.17, 15) is 14.4 Å². The summed E-state index contributed by atoms with van der Waals surface area (Å²) in [5.74, 6) is -0.463. The van der Waals surface area contributed by atoms with Crippen LogP contribution in [0.25, 0.3) is 0 Å². The maximum Gasteiger partial charge on any atom is 0.408 e. The Morgan fingerprint density at radius 3 is 2.27 bits per heavy atom. The highest BCUT2D eigenvalue weighted by molar-refractivity contribution is 5.93. The van der Waals surface area contributed by atoms with Crippen molar-refractivity contribution in [2.24, 2.45) is 5.92 Å². The molecule has 0 heterocycles. The second-order valence-electron chi connectivity index (χ2n) is 12.0. The summed E-state index contributed by atoms with van der Waals surface area (Å²) in [7, 11) is 0. The van der Waals surface area contributed by atoms with Crippen molar-refractivity contribution in [2.45, 2.75) is 130 Å². The third kappa shape index (κ3) is 7.71. The minimum absolute atomic E-state index is 0.0264. The van der Waals surface area contributed by atoms with E-state index < -0.39 is 23.8 Å². The van der Waals surface area contributed by atoms with E-state index in [1.807, 2.05) is 45.9 Å². The topological polar surface area (TPSA) is 87.7 Å². The number of alkyl carbamates (subject to hydrolysis) is 1. The summed E-state index contributed by atoms with van der Waals surface area (Å²) in [6.45, 7) is 13.4. The summed E-state index contributed by atoms with van der Waals surface area (Å²) >= 11 is 0. The SMILES string of the molecule is CCC(C)C(NC(=O)OC(C)(C)C)C(=O)N(C1CC1)C(C(=O)NC1CCCCC1)c1cccc(C)c1C. The maximum absolute atomic E-state index is 14.3. The van der Waals surface area contributed by atoms with E-state index in [4.69, 9.17) is 4.74 Å². The fourth-order valence-corrected chi connectivity index (χ4v) is 5.16. The normalized spacial score (nSPS) is 18.9. The Labute approximate surface area is 223 Å². The van der Waals surface area contributed by atoms with Crippen LogP contribution >= 0.6 is 0 Å². The first-order valence-electron chi connectivity index (χ1n) is 14.1. The van der Waals surface area contributed by atoms with Crippen molar-refractivity contribution in [3.05, 3.63) is 34.9 Å². The van der Waals surface area contributed by atoms with Gasteiger partial charge in [0, 0.05) is 12.1 Å². The van der Waals surface area contributed by atoms with Crippen LogP contribution in [0.5, 0.6) is 0 Å². The van der Waals surface area contributed by atoms with Gasteiger partial charge in [-0.05, 0) is 82.9 Å². The summed E-state index contributed by atoms with van der Waals surface area (Å²) in [5, 5.41) is 6.15. The van der Waals surface area contributed by atoms with Gasteiger partial charge in [0.05, 0.1) is 0 Å². The monoisotopic (exact) mass is 513 g/mol. The fraction of sp³-hybridized carbons (Fsp3) is 0.700. The number of hydrogen-bond acceptors (Lipinski definition) is 4. The van der Waals surface area contributed by atoms with Crippen molar-refractivity contribution >= 4 is 17.9 Å². The van der Waals surface area contributed by atoms with E-state index in [1.165, 1.54) is 6.42 Å². The molecule has 2 N–H and O–H groups in total. The molecule has 0 aliphatic heterocycles. The average Bonchev–Trinajstić information content (AvgIpc) is 3.67. The van der Waals surface area contributed by atoms with Crippen molar-refractivity contribution < 1.29 is 19.1 Å². The van der Waals surface area contributed by atoms with Gasteiger partial charge in [-0.25, -0.2) is 4.79 Å². The number of hydrogen-bond donors (Lipinski definition) is 2. The highest BCUT2D eigenvalue weighted by Gasteiger charge is 2.45. The molecule has 2 aliphatic rings. The first kappa shape index (κ1) is 29.0. The van der Waals surface area contributed by atoms with Gasteiger partial charge in [-0.1, -0.05) is 57.7 Å². The molecule has 0 aromatic heterocycles. The lowest BCUT2D eigenvalue weighted by atomic mass is 9.91. The van der Waals surface area contributed by atoms with Crippen LogP contribution in [0.3, 0.4) is 0 Å². The zero-order valence-electron chi connectivity index (χ0n) is 23.9. The molecule has 2 aliphatic carbocycles. The molecule has 7 nitrogen and oxygen atoms in total. The van der Waals surface area contributed by atoms with Gasteiger partial charge in [-0.2, -0.15) is 0 Å². The summed E-state index contributed by atoms with van der Waals surface area (Å²) in [5.41, 5.74) is 2.28. The number of rotatable bonds is 9. The standard InChI is InChI=1S/C30H47N3O4/c1-8-19(2)25(32-29(36)37-30(5,6)7)28(35)33(23-17-18-23)26(24-16-12-13-20(3)21(24)4)27(34)31-22-14-10-9-11-15-22/h12-13,16,19,22-23,25-26H,8-11,14-15,17-18H2,1-7H3,(H,31,34)(H,32,36). The zero-order valence-corrected chi connectivity index (χ0v) is 23.9. The molecule has 2 saturated carbocycles. The number of ether oxygens (including phenoxy) is 1. The number of carbonyl (C=O) groups excluding carboxylic acids is 3. The summed E-state index contributed by atoms with van der Waals surface area (Å²) < 4.78 is 5.50. The van der Waals surface area contributed by atoms with Gasteiger partial charge in [0.15, 0.2) is 0 Å². The molecule has 0 radical (unpaired) electrons. The van der Waals surface area contributed by atoms with Gasteiger partial charge in [0.25, 0.3) is 0 Å². The minimum atomic E-state index is -0.782. The first-order valence-corrected chi connectivity index (χ1v) is 14.1. The predicted molar refractivity (Wildman–Crippen MR) is 146 cm³/mol. The van der Waals surface area contributed by atoms with Crippen LogP contribution in [0.1, 0.15) is 109 Å². The molecular formula is C30H47N3O4. The number of nitrogens with zero attached hydrogens (tertiary/aromatic N) is 1. The van der Waals surface area contributed by atoms with Crippen molar-refractivity contribution in [2.75, 3.05) is 0 Å². The minimum Gasteiger partial charge on any atom is -0.444 e. The molecule has 0 spiro atoms. The van der Waals surface area contributed by atoms with Crippen molar-refractivity contribution in [3.63, 3.8) is 0 Å². The van der Waals surface area contributed by atoms with E-state index in [2.05, 4.69) is 10.6 Å². The van der Waals surface area contributed by atoms with E-state index in [-0.39, 0.29) is 29.8 Å². The lowest BCUT2D eigenvalue weighted by molar-refractivity contribution is -0.144. The van der Waals surface area contributed by atoms with Crippen LogP contribution in [-0.2, 0) is 14.3 Å². The molecule has 3 amide bonds. The van der Waals surface area contributed by atoms with E-state index in [0.717, 1.165) is 55.2 Å². The van der Waals surface area contributed by atoms with Crippen LogP contribution in [0, 0.1) is 19.8 Å². The molecular weight excluding hydrogens is 466 g/mol. The fourth-order valence-electron chi connectivity index (χ4n) is 5.16.